The average Bonchev–Trinajstić information content (AvgIpc) is 2.73. The van der Waals surface area contributed by atoms with Gasteiger partial charge in [0.2, 0.25) is 0 Å². The summed E-state index contributed by atoms with van der Waals surface area (Å²) in [7, 11) is 1.96. The lowest BCUT2D eigenvalue weighted by Crippen LogP contribution is -1.87. The molecule has 0 N–H and O–H groups in total. The van der Waals surface area contributed by atoms with Crippen molar-refractivity contribution < 1.29 is 0 Å². The van der Waals surface area contributed by atoms with Crippen LogP contribution in [-0.2, 0) is 7.05 Å². The lowest BCUT2D eigenvalue weighted by Gasteiger charge is -1.88. The number of imidazole rings is 1. The Morgan fingerprint density at radius 3 is 3.00 bits per heavy atom. The first-order valence-electron chi connectivity index (χ1n) is 3.84. The number of aromatic nitrogens is 2. The van der Waals surface area contributed by atoms with Crippen LogP contribution in [0.5, 0.6) is 0 Å². The topological polar surface area (TPSA) is 17.8 Å². The molecule has 0 radical (unpaired) electrons. The van der Waals surface area contributed by atoms with Gasteiger partial charge in [-0.2, -0.15) is 0 Å². The van der Waals surface area contributed by atoms with Gasteiger partial charge >= 0.3 is 0 Å². The van der Waals surface area contributed by atoms with Crippen molar-refractivity contribution in [2.75, 3.05) is 0 Å². The molecular weight excluding hydrogens is 136 g/mol. The highest BCUT2D eigenvalue weighted by Crippen LogP contribution is 2.27. The molecule has 2 heteroatoms. The molecule has 1 aliphatic carbocycles. The van der Waals surface area contributed by atoms with Gasteiger partial charge in [0, 0.05) is 13.0 Å². The molecule has 2 rings (SSSR count). The van der Waals surface area contributed by atoms with Crippen molar-refractivity contribution >= 4 is 0 Å². The van der Waals surface area contributed by atoms with Gasteiger partial charge in [-0.25, -0.2) is 4.98 Å². The zero-order valence-corrected chi connectivity index (χ0v) is 6.54. The van der Waals surface area contributed by atoms with E-state index in [1.165, 1.54) is 12.8 Å². The number of hydrogen-bond donors (Lipinski definition) is 0. The summed E-state index contributed by atoms with van der Waals surface area (Å²) >= 11 is 0. The molecule has 1 aliphatic rings. The first-order chi connectivity index (χ1) is 5.36. The minimum absolute atomic E-state index is 0.671. The van der Waals surface area contributed by atoms with E-state index in [9.17, 15) is 0 Å². The Morgan fingerprint density at radius 2 is 2.45 bits per heavy atom. The van der Waals surface area contributed by atoms with Crippen molar-refractivity contribution in [3.05, 3.63) is 18.2 Å². The summed E-state index contributed by atoms with van der Waals surface area (Å²) in [5.41, 5.74) is 1.01. The molecule has 0 bridgehead atoms. The molecule has 0 aliphatic heterocycles. The van der Waals surface area contributed by atoms with Crippen LogP contribution in [0.2, 0.25) is 0 Å². The number of nitrogens with zero attached hydrogens (tertiary/aromatic N) is 2. The number of hydrogen-bond acceptors (Lipinski definition) is 1. The fourth-order valence-corrected chi connectivity index (χ4v) is 0.881. The molecule has 0 atom stereocenters. The first kappa shape index (κ1) is 6.48. The van der Waals surface area contributed by atoms with Crippen LogP contribution >= 0.6 is 0 Å². The Balaban J connectivity index is 2.17. The molecule has 11 heavy (non-hydrogen) atoms. The van der Waals surface area contributed by atoms with Crippen LogP contribution in [0.25, 0.3) is 0 Å². The van der Waals surface area contributed by atoms with E-state index >= 15 is 0 Å². The minimum Gasteiger partial charge on any atom is -0.327 e. The van der Waals surface area contributed by atoms with Gasteiger partial charge in [-0.3, -0.25) is 0 Å². The fraction of sp³-hybridized carbons (Fsp3) is 0.444. The van der Waals surface area contributed by atoms with Gasteiger partial charge in [-0.05, 0) is 18.8 Å². The third kappa shape index (κ3) is 1.43. The number of rotatable bonds is 0. The summed E-state index contributed by atoms with van der Waals surface area (Å²) in [5.74, 6) is 6.97. The molecule has 1 aromatic rings. The Labute approximate surface area is 66.3 Å². The van der Waals surface area contributed by atoms with E-state index in [1.807, 2.05) is 11.6 Å². The van der Waals surface area contributed by atoms with Gasteiger partial charge in [-0.15, -0.1) is 0 Å². The van der Waals surface area contributed by atoms with E-state index in [1.54, 1.807) is 12.5 Å². The van der Waals surface area contributed by atoms with Crippen molar-refractivity contribution in [1.82, 2.24) is 9.55 Å². The van der Waals surface area contributed by atoms with Gasteiger partial charge in [-0.1, -0.05) is 5.92 Å². The normalized spacial score (nSPS) is 15.7. The average molecular weight is 146 g/mol. The maximum absolute atomic E-state index is 3.98. The molecule has 2 nitrogen and oxygen atoms in total. The van der Waals surface area contributed by atoms with Crippen LogP contribution in [-0.4, -0.2) is 9.55 Å². The summed E-state index contributed by atoms with van der Waals surface area (Å²) in [6.07, 6.45) is 6.14. The Kier molecular flexibility index (Phi) is 1.43. The van der Waals surface area contributed by atoms with Gasteiger partial charge in [0.05, 0.1) is 12.5 Å². The quantitative estimate of drug-likeness (QED) is 0.502. The maximum Gasteiger partial charge on any atom is 0.111 e. The second-order valence-electron chi connectivity index (χ2n) is 2.93. The highest BCUT2D eigenvalue weighted by molar-refractivity contribution is 5.27. The summed E-state index contributed by atoms with van der Waals surface area (Å²) in [5, 5.41) is 0. The van der Waals surface area contributed by atoms with Crippen molar-refractivity contribution in [2.45, 2.75) is 12.8 Å². The standard InChI is InChI=1S/C9H10N2/c1-11-7-10-6-9(11)5-4-8-2-3-8/h6-8H,2-3H2,1H3. The third-order valence-electron chi connectivity index (χ3n) is 1.80. The summed E-state index contributed by atoms with van der Waals surface area (Å²) in [6, 6.07) is 0. The van der Waals surface area contributed by atoms with Gasteiger partial charge < -0.3 is 4.57 Å². The second-order valence-corrected chi connectivity index (χ2v) is 2.93. The van der Waals surface area contributed by atoms with Crippen LogP contribution in [0.3, 0.4) is 0 Å². The Morgan fingerprint density at radius 1 is 1.64 bits per heavy atom. The monoisotopic (exact) mass is 146 g/mol. The molecule has 1 fully saturated rings. The Hall–Kier alpha value is -1.23. The van der Waals surface area contributed by atoms with E-state index in [0.29, 0.717) is 5.92 Å². The van der Waals surface area contributed by atoms with Crippen LogP contribution in [0.1, 0.15) is 18.5 Å². The van der Waals surface area contributed by atoms with Crippen LogP contribution in [0.15, 0.2) is 12.5 Å². The van der Waals surface area contributed by atoms with Crippen molar-refractivity contribution in [3.63, 3.8) is 0 Å². The third-order valence-corrected chi connectivity index (χ3v) is 1.80. The van der Waals surface area contributed by atoms with E-state index in [2.05, 4.69) is 16.8 Å². The molecular formula is C9H10N2. The molecule has 1 saturated carbocycles. The highest BCUT2D eigenvalue weighted by Gasteiger charge is 2.17. The van der Waals surface area contributed by atoms with Crippen molar-refractivity contribution in [3.8, 4) is 11.8 Å². The molecule has 0 spiro atoms. The molecule has 0 aromatic carbocycles. The van der Waals surface area contributed by atoms with E-state index in [4.69, 9.17) is 0 Å². The predicted octanol–water partition coefficient (Wildman–Crippen LogP) is 1.18. The SMILES string of the molecule is Cn1cncc1C#CC1CC1. The summed E-state index contributed by atoms with van der Waals surface area (Å²) < 4.78 is 1.94. The molecule has 1 heterocycles. The molecule has 0 amide bonds. The lowest BCUT2D eigenvalue weighted by atomic mass is 10.4. The zero-order chi connectivity index (χ0) is 7.68. The largest absolute Gasteiger partial charge is 0.327 e. The molecule has 1 aromatic heterocycles. The van der Waals surface area contributed by atoms with E-state index in [-0.39, 0.29) is 0 Å². The fourth-order valence-electron chi connectivity index (χ4n) is 0.881. The smallest absolute Gasteiger partial charge is 0.111 e. The highest BCUT2D eigenvalue weighted by atomic mass is 15.0. The van der Waals surface area contributed by atoms with Gasteiger partial charge in [0.25, 0.3) is 0 Å². The molecule has 0 saturated heterocycles. The zero-order valence-electron chi connectivity index (χ0n) is 6.54. The summed E-state index contributed by atoms with van der Waals surface area (Å²) in [4.78, 5) is 3.98. The maximum atomic E-state index is 3.98. The van der Waals surface area contributed by atoms with Gasteiger partial charge in [0.15, 0.2) is 0 Å². The van der Waals surface area contributed by atoms with Crippen LogP contribution in [0.4, 0.5) is 0 Å². The molecule has 56 valence electrons. The minimum atomic E-state index is 0.671. The number of aryl methyl sites for hydroxylation is 1. The molecule has 0 unspecified atom stereocenters. The summed E-state index contributed by atoms with van der Waals surface area (Å²) in [6.45, 7) is 0. The lowest BCUT2D eigenvalue weighted by molar-refractivity contribution is 0.899. The van der Waals surface area contributed by atoms with Crippen molar-refractivity contribution in [2.24, 2.45) is 13.0 Å². The van der Waals surface area contributed by atoms with E-state index in [0.717, 1.165) is 5.69 Å². The second kappa shape index (κ2) is 2.43. The van der Waals surface area contributed by atoms with Crippen LogP contribution in [0, 0.1) is 17.8 Å². The van der Waals surface area contributed by atoms with E-state index < -0.39 is 0 Å². The van der Waals surface area contributed by atoms with Crippen molar-refractivity contribution in [1.29, 1.82) is 0 Å². The predicted molar refractivity (Wildman–Crippen MR) is 42.8 cm³/mol. The van der Waals surface area contributed by atoms with Crippen LogP contribution < -0.4 is 0 Å². The van der Waals surface area contributed by atoms with Gasteiger partial charge in [0.1, 0.15) is 5.69 Å². The Bertz CT molecular complexity index is 310. The first-order valence-corrected chi connectivity index (χ1v) is 3.84.